The van der Waals surface area contributed by atoms with Gasteiger partial charge in [0.25, 0.3) is 0 Å². The lowest BCUT2D eigenvalue weighted by atomic mass is 9.84. The highest BCUT2D eigenvalue weighted by Crippen LogP contribution is 2.33. The van der Waals surface area contributed by atoms with Crippen molar-refractivity contribution in [2.45, 2.75) is 44.6 Å². The molecule has 0 bridgehead atoms. The van der Waals surface area contributed by atoms with Gasteiger partial charge in [0.1, 0.15) is 5.69 Å². The Morgan fingerprint density at radius 3 is 2.47 bits per heavy atom. The van der Waals surface area contributed by atoms with Crippen molar-refractivity contribution >= 4 is 0 Å². The number of rotatable bonds is 3. The third-order valence-corrected chi connectivity index (χ3v) is 3.99. The van der Waals surface area contributed by atoms with Gasteiger partial charge in [-0.2, -0.15) is 0 Å². The third-order valence-electron chi connectivity index (χ3n) is 3.99. The molecule has 3 heteroatoms. The molecule has 0 radical (unpaired) electrons. The molecule has 0 atom stereocenters. The molecule has 3 nitrogen and oxygen atoms in total. The molecular weight excluding hydrogens is 238 g/mol. The molecule has 1 aliphatic carbocycles. The highest BCUT2D eigenvalue weighted by Gasteiger charge is 2.15. The highest BCUT2D eigenvalue weighted by molar-refractivity contribution is 5.57. The van der Waals surface area contributed by atoms with Crippen molar-refractivity contribution in [2.24, 2.45) is 0 Å². The zero-order valence-corrected chi connectivity index (χ0v) is 11.0. The van der Waals surface area contributed by atoms with Gasteiger partial charge in [-0.25, -0.2) is 0 Å². The first-order valence-electron chi connectivity index (χ1n) is 7.03. The Morgan fingerprint density at radius 1 is 1.11 bits per heavy atom. The van der Waals surface area contributed by atoms with Gasteiger partial charge in [0.2, 0.25) is 0 Å². The van der Waals surface area contributed by atoms with Crippen molar-refractivity contribution in [3.05, 3.63) is 41.6 Å². The Balaban J connectivity index is 1.78. The standard InChI is InChI=1S/C16H19NO2/c18-11-15-10-16(19-17-15)14-8-6-13(7-9-14)12-4-2-1-3-5-12/h6-10,12,18H,1-5,11H2. The van der Waals surface area contributed by atoms with E-state index in [0.717, 1.165) is 17.2 Å². The van der Waals surface area contributed by atoms with Gasteiger partial charge in [0, 0.05) is 11.6 Å². The van der Waals surface area contributed by atoms with Crippen LogP contribution in [0.4, 0.5) is 0 Å². The van der Waals surface area contributed by atoms with Crippen molar-refractivity contribution in [2.75, 3.05) is 0 Å². The van der Waals surface area contributed by atoms with Gasteiger partial charge in [-0.3, -0.25) is 0 Å². The first-order valence-corrected chi connectivity index (χ1v) is 7.03. The summed E-state index contributed by atoms with van der Waals surface area (Å²) in [6.07, 6.45) is 6.73. The molecule has 3 rings (SSSR count). The summed E-state index contributed by atoms with van der Waals surface area (Å²) in [5.74, 6) is 1.45. The Hall–Kier alpha value is -1.61. The Kier molecular flexibility index (Phi) is 3.65. The number of nitrogens with zero attached hydrogens (tertiary/aromatic N) is 1. The molecule has 100 valence electrons. The van der Waals surface area contributed by atoms with Crippen molar-refractivity contribution < 1.29 is 9.63 Å². The molecule has 1 N–H and O–H groups in total. The minimum Gasteiger partial charge on any atom is -0.390 e. The average molecular weight is 257 g/mol. The smallest absolute Gasteiger partial charge is 0.167 e. The molecule has 1 saturated carbocycles. The normalized spacial score (nSPS) is 16.7. The van der Waals surface area contributed by atoms with Crippen LogP contribution >= 0.6 is 0 Å². The fourth-order valence-electron chi connectivity index (χ4n) is 2.88. The second-order valence-corrected chi connectivity index (χ2v) is 5.30. The maximum absolute atomic E-state index is 8.99. The predicted molar refractivity (Wildman–Crippen MR) is 73.7 cm³/mol. The average Bonchev–Trinajstić information content (AvgIpc) is 2.97. The van der Waals surface area contributed by atoms with E-state index in [1.54, 1.807) is 6.07 Å². The van der Waals surface area contributed by atoms with Gasteiger partial charge in [-0.1, -0.05) is 48.7 Å². The first kappa shape index (κ1) is 12.4. The minimum atomic E-state index is -0.0797. The molecular formula is C16H19NO2. The Morgan fingerprint density at radius 2 is 1.84 bits per heavy atom. The Labute approximate surface area is 113 Å². The fraction of sp³-hybridized carbons (Fsp3) is 0.438. The molecule has 2 aromatic rings. The van der Waals surface area contributed by atoms with E-state index >= 15 is 0 Å². The van der Waals surface area contributed by atoms with Crippen LogP contribution in [0.2, 0.25) is 0 Å². The number of benzene rings is 1. The van der Waals surface area contributed by atoms with Gasteiger partial charge in [-0.15, -0.1) is 0 Å². The second-order valence-electron chi connectivity index (χ2n) is 5.30. The van der Waals surface area contributed by atoms with Gasteiger partial charge in [0.15, 0.2) is 5.76 Å². The number of hydrogen-bond donors (Lipinski definition) is 1. The van der Waals surface area contributed by atoms with Crippen molar-refractivity contribution in [1.82, 2.24) is 5.16 Å². The SMILES string of the molecule is OCc1cc(-c2ccc(C3CCCCC3)cc2)on1. The topological polar surface area (TPSA) is 46.3 Å². The van der Waals surface area contributed by atoms with E-state index in [9.17, 15) is 0 Å². The molecule has 0 amide bonds. The van der Waals surface area contributed by atoms with Crippen LogP contribution in [0.25, 0.3) is 11.3 Å². The molecule has 1 aromatic carbocycles. The summed E-state index contributed by atoms with van der Waals surface area (Å²) in [5.41, 5.74) is 3.03. The van der Waals surface area contributed by atoms with E-state index in [4.69, 9.17) is 9.63 Å². The summed E-state index contributed by atoms with van der Waals surface area (Å²) in [7, 11) is 0. The van der Waals surface area contributed by atoms with E-state index in [0.29, 0.717) is 5.69 Å². The molecule has 19 heavy (non-hydrogen) atoms. The van der Waals surface area contributed by atoms with Gasteiger partial charge in [-0.05, 0) is 24.3 Å². The van der Waals surface area contributed by atoms with Gasteiger partial charge >= 0.3 is 0 Å². The summed E-state index contributed by atoms with van der Waals surface area (Å²) in [6.45, 7) is -0.0797. The lowest BCUT2D eigenvalue weighted by Crippen LogP contribution is -2.04. The van der Waals surface area contributed by atoms with Crippen LogP contribution in [0.15, 0.2) is 34.9 Å². The van der Waals surface area contributed by atoms with Gasteiger partial charge in [0.05, 0.1) is 6.61 Å². The largest absolute Gasteiger partial charge is 0.390 e. The molecule has 1 heterocycles. The molecule has 0 unspecified atom stereocenters. The molecule has 1 aliphatic rings. The summed E-state index contributed by atoms with van der Waals surface area (Å²) < 4.78 is 5.22. The number of aliphatic hydroxyl groups is 1. The first-order chi connectivity index (χ1) is 9.36. The van der Waals surface area contributed by atoms with Crippen LogP contribution in [0.3, 0.4) is 0 Å². The number of aliphatic hydroxyl groups excluding tert-OH is 1. The quantitative estimate of drug-likeness (QED) is 0.907. The summed E-state index contributed by atoms with van der Waals surface area (Å²) in [4.78, 5) is 0. The minimum absolute atomic E-state index is 0.0797. The lowest BCUT2D eigenvalue weighted by molar-refractivity contribution is 0.267. The monoisotopic (exact) mass is 257 g/mol. The van der Waals surface area contributed by atoms with Crippen LogP contribution in [-0.4, -0.2) is 10.3 Å². The van der Waals surface area contributed by atoms with E-state index in [1.807, 2.05) is 0 Å². The van der Waals surface area contributed by atoms with E-state index in [1.165, 1.54) is 37.7 Å². The van der Waals surface area contributed by atoms with Crippen LogP contribution in [0, 0.1) is 0 Å². The van der Waals surface area contributed by atoms with Crippen LogP contribution in [0.5, 0.6) is 0 Å². The third kappa shape index (κ3) is 2.71. The summed E-state index contributed by atoms with van der Waals surface area (Å²) in [5, 5.41) is 12.8. The summed E-state index contributed by atoms with van der Waals surface area (Å²) >= 11 is 0. The van der Waals surface area contributed by atoms with Crippen molar-refractivity contribution in [3.8, 4) is 11.3 Å². The van der Waals surface area contributed by atoms with Gasteiger partial charge < -0.3 is 9.63 Å². The van der Waals surface area contributed by atoms with E-state index in [-0.39, 0.29) is 6.61 Å². The zero-order valence-electron chi connectivity index (χ0n) is 11.0. The molecule has 1 aromatic heterocycles. The number of aromatic nitrogens is 1. The lowest BCUT2D eigenvalue weighted by Gasteiger charge is -2.21. The van der Waals surface area contributed by atoms with Crippen LogP contribution < -0.4 is 0 Å². The van der Waals surface area contributed by atoms with E-state index < -0.39 is 0 Å². The second kappa shape index (κ2) is 5.57. The maximum Gasteiger partial charge on any atom is 0.167 e. The van der Waals surface area contributed by atoms with Crippen LogP contribution in [0.1, 0.15) is 49.3 Å². The maximum atomic E-state index is 8.99. The molecule has 1 fully saturated rings. The molecule has 0 spiro atoms. The van der Waals surface area contributed by atoms with E-state index in [2.05, 4.69) is 29.4 Å². The number of hydrogen-bond acceptors (Lipinski definition) is 3. The predicted octanol–water partition coefficient (Wildman–Crippen LogP) is 3.88. The highest BCUT2D eigenvalue weighted by atomic mass is 16.5. The molecule has 0 saturated heterocycles. The van der Waals surface area contributed by atoms with Crippen LogP contribution in [-0.2, 0) is 6.61 Å². The zero-order chi connectivity index (χ0) is 13.1. The molecule has 0 aliphatic heterocycles. The Bertz CT molecular complexity index is 524. The fourth-order valence-corrected chi connectivity index (χ4v) is 2.88. The summed E-state index contributed by atoms with van der Waals surface area (Å²) in [6, 6.07) is 10.4. The van der Waals surface area contributed by atoms with Crippen molar-refractivity contribution in [3.63, 3.8) is 0 Å². The van der Waals surface area contributed by atoms with Crippen molar-refractivity contribution in [1.29, 1.82) is 0 Å².